The monoisotopic (exact) mass is 781 g/mol. The summed E-state index contributed by atoms with van der Waals surface area (Å²) in [5.74, 6) is -6.62. The predicted molar refractivity (Wildman–Crippen MR) is 173 cm³/mol. The van der Waals surface area contributed by atoms with Crippen LogP contribution in [0.25, 0.3) is 0 Å². The van der Waals surface area contributed by atoms with Crippen molar-refractivity contribution in [3.63, 3.8) is 0 Å². The van der Waals surface area contributed by atoms with Crippen LogP contribution in [0, 0.1) is 0 Å². The van der Waals surface area contributed by atoms with Crippen molar-refractivity contribution >= 4 is 31.6 Å². The maximum absolute atomic E-state index is 13.1. The van der Waals surface area contributed by atoms with Crippen molar-refractivity contribution in [1.82, 2.24) is 20.2 Å². The second-order valence-corrected chi connectivity index (χ2v) is 13.9. The number of alkyl carbamates (subject to hydrolysis) is 1. The summed E-state index contributed by atoms with van der Waals surface area (Å²) in [5, 5.41) is 76.8. The first kappa shape index (κ1) is 42.2. The number of aromatic nitrogens is 2. The predicted octanol–water partition coefficient (Wildman–Crippen LogP) is -3.68. The molecule has 6 unspecified atom stereocenters. The number of aliphatic hydroxyl groups excluding tert-OH is 6. The molecule has 2 saturated heterocycles. The minimum absolute atomic E-state index is 0.151. The average Bonchev–Trinajstić information content (AvgIpc) is 3.36. The van der Waals surface area contributed by atoms with Crippen LogP contribution < -0.4 is 22.1 Å². The molecule has 3 aliphatic rings. The third kappa shape index (κ3) is 10.8. The zero-order valence-corrected chi connectivity index (χ0v) is 28.9. The number of amides is 2. The van der Waals surface area contributed by atoms with Crippen LogP contribution in [0.15, 0.2) is 29.2 Å². The van der Waals surface area contributed by atoms with Gasteiger partial charge in [-0.15, -0.1) is 0 Å². The molecule has 53 heavy (non-hydrogen) atoms. The number of phosphoric acid groups is 1. The number of carboxylic acid groups (broad SMARTS) is 1. The molecule has 0 spiro atoms. The Morgan fingerprint density at radius 3 is 2.55 bits per heavy atom. The number of carbonyl (C=O) groups excluding carboxylic acids is 2. The van der Waals surface area contributed by atoms with E-state index < -0.39 is 125 Å². The second-order valence-electron chi connectivity index (χ2n) is 12.6. The van der Waals surface area contributed by atoms with E-state index in [0.29, 0.717) is 19.3 Å². The second kappa shape index (κ2) is 18.2. The SMILES string of the molecule is Nc1ccn([C@@H]2O[C@H](COP(=O)(O)OC3(C(=O)O)CC(O)C(NC(=O)CNC(=O)OC4CC/C=C/CCC4)C([C@H](O)[C@H](O)CO)O3)[C@H](O)[C@@H]2O)c(=O)n1. The molecule has 0 saturated carbocycles. The molecule has 23 nitrogen and oxygen atoms in total. The minimum Gasteiger partial charge on any atom is -0.477 e. The molecule has 2 amide bonds. The highest BCUT2D eigenvalue weighted by molar-refractivity contribution is 7.47. The Balaban J connectivity index is 1.42. The lowest BCUT2D eigenvalue weighted by atomic mass is 9.88. The summed E-state index contributed by atoms with van der Waals surface area (Å²) in [6, 6.07) is -0.575. The average molecular weight is 782 g/mol. The smallest absolute Gasteiger partial charge is 0.475 e. The van der Waals surface area contributed by atoms with E-state index in [0.717, 1.165) is 23.6 Å². The van der Waals surface area contributed by atoms with E-state index in [2.05, 4.69) is 15.6 Å². The number of anilines is 1. The van der Waals surface area contributed by atoms with Crippen LogP contribution in [-0.2, 0) is 37.4 Å². The summed E-state index contributed by atoms with van der Waals surface area (Å²) < 4.78 is 39.7. The molecular weight excluding hydrogens is 737 g/mol. The molecule has 0 aromatic carbocycles. The molecule has 12 atom stereocenters. The van der Waals surface area contributed by atoms with E-state index in [1.54, 1.807) is 0 Å². The molecule has 0 bridgehead atoms. The summed E-state index contributed by atoms with van der Waals surface area (Å²) in [6.07, 6.45) is -9.28. The van der Waals surface area contributed by atoms with Gasteiger partial charge in [-0.1, -0.05) is 12.2 Å². The van der Waals surface area contributed by atoms with Crippen LogP contribution in [-0.4, -0.2) is 149 Å². The molecule has 2 fully saturated rings. The van der Waals surface area contributed by atoms with Gasteiger partial charge in [0.1, 0.15) is 55.1 Å². The Kier molecular flexibility index (Phi) is 14.5. The fourth-order valence-electron chi connectivity index (χ4n) is 5.91. The van der Waals surface area contributed by atoms with Crippen molar-refractivity contribution in [2.75, 3.05) is 25.5 Å². The van der Waals surface area contributed by atoms with Crippen molar-refractivity contribution < 1.29 is 82.8 Å². The number of carbonyl (C=O) groups is 3. The van der Waals surface area contributed by atoms with Crippen molar-refractivity contribution in [3.05, 3.63) is 34.9 Å². The van der Waals surface area contributed by atoms with E-state index >= 15 is 0 Å². The number of hydrogen-bond acceptors (Lipinski definition) is 18. The van der Waals surface area contributed by atoms with Crippen LogP contribution >= 0.6 is 7.82 Å². The summed E-state index contributed by atoms with van der Waals surface area (Å²) in [4.78, 5) is 63.8. The number of hydrogen-bond donors (Lipinski definition) is 11. The van der Waals surface area contributed by atoms with Gasteiger partial charge in [-0.25, -0.2) is 23.5 Å². The molecular formula is C29H44N5O18P. The highest BCUT2D eigenvalue weighted by Gasteiger charge is 2.59. The molecule has 298 valence electrons. The zero-order chi connectivity index (χ0) is 39.1. The number of nitrogens with one attached hydrogen (secondary N) is 2. The van der Waals surface area contributed by atoms with Crippen molar-refractivity contribution in [2.24, 2.45) is 0 Å². The zero-order valence-electron chi connectivity index (χ0n) is 28.0. The first-order chi connectivity index (χ1) is 25.0. The Labute approximate surface area is 300 Å². The summed E-state index contributed by atoms with van der Waals surface area (Å²) in [5.41, 5.74) is 4.48. The number of phosphoric ester groups is 1. The van der Waals surface area contributed by atoms with Crippen LogP contribution in [0.1, 0.15) is 44.8 Å². The Morgan fingerprint density at radius 2 is 1.87 bits per heavy atom. The van der Waals surface area contributed by atoms with Crippen molar-refractivity contribution in [2.45, 2.75) is 105 Å². The normalized spacial score (nSPS) is 33.3. The van der Waals surface area contributed by atoms with E-state index in [1.165, 1.54) is 6.07 Å². The maximum atomic E-state index is 13.1. The molecule has 4 rings (SSSR count). The molecule has 12 N–H and O–H groups in total. The van der Waals surface area contributed by atoms with Gasteiger partial charge in [0.2, 0.25) is 5.91 Å². The van der Waals surface area contributed by atoms with Gasteiger partial charge in [-0.3, -0.25) is 13.9 Å². The topological polar surface area (TPSA) is 361 Å². The third-order valence-electron chi connectivity index (χ3n) is 8.66. The van der Waals surface area contributed by atoms with Crippen molar-refractivity contribution in [1.29, 1.82) is 0 Å². The molecule has 1 aromatic rings. The molecule has 3 heterocycles. The van der Waals surface area contributed by atoms with E-state index in [-0.39, 0.29) is 5.82 Å². The van der Waals surface area contributed by atoms with Crippen LogP contribution in [0.5, 0.6) is 0 Å². The largest absolute Gasteiger partial charge is 0.477 e. The number of nitrogens with two attached hydrogens (primary N) is 1. The Hall–Kier alpha value is -3.58. The standard InChI is InChI=1S/C29H44N5O18P/c30-18-8-9-34(27(44)32-18)25-23(41)22(40)17(50-25)13-48-53(46,47)52-29(26(42)43)10-15(36)20(24(51-29)21(39)16(37)12-35)33-19(38)11-31-28(45)49-14-6-4-2-1-3-5-7-14/h1-2,8-9,14-17,20-25,35-37,39-41H,3-7,10-13H2,(H,31,45)(H,33,38)(H,42,43)(H,46,47)(H2,30,32,44)/b2-1+/t14?,15?,16-,17-,20?,21-,22+,23+,24?,25-,29?/m1/s1. The van der Waals surface area contributed by atoms with Crippen molar-refractivity contribution in [3.8, 4) is 0 Å². The van der Waals surface area contributed by atoms with Crippen LogP contribution in [0.3, 0.4) is 0 Å². The van der Waals surface area contributed by atoms with Crippen LogP contribution in [0.4, 0.5) is 10.6 Å². The molecule has 2 aliphatic heterocycles. The Bertz CT molecular complexity index is 1580. The third-order valence-corrected chi connectivity index (χ3v) is 9.66. The van der Waals surface area contributed by atoms with E-state index in [9.17, 15) is 64.4 Å². The molecule has 1 aliphatic carbocycles. The number of ether oxygens (including phenoxy) is 3. The number of rotatable bonds is 14. The lowest BCUT2D eigenvalue weighted by Gasteiger charge is -2.46. The van der Waals surface area contributed by atoms with Gasteiger partial charge in [-0.2, -0.15) is 4.98 Å². The van der Waals surface area contributed by atoms with Gasteiger partial charge in [0.25, 0.3) is 5.79 Å². The quantitative estimate of drug-likeness (QED) is 0.0639. The minimum atomic E-state index is -5.62. The summed E-state index contributed by atoms with van der Waals surface area (Å²) in [6.45, 7) is -2.91. The van der Waals surface area contributed by atoms with Gasteiger partial charge >= 0.3 is 25.6 Å². The van der Waals surface area contributed by atoms with E-state index in [1.807, 2.05) is 12.2 Å². The number of nitrogens with zero attached hydrogens (tertiary/aromatic N) is 2. The summed E-state index contributed by atoms with van der Waals surface area (Å²) >= 11 is 0. The van der Waals surface area contributed by atoms with E-state index in [4.69, 9.17) is 29.0 Å². The number of allylic oxidation sites excluding steroid dienone is 2. The van der Waals surface area contributed by atoms with Gasteiger partial charge in [0.05, 0.1) is 25.4 Å². The number of aliphatic hydroxyl groups is 6. The highest BCUT2D eigenvalue weighted by atomic mass is 31.2. The van der Waals surface area contributed by atoms with Gasteiger partial charge < -0.3 is 71.2 Å². The fraction of sp³-hybridized carbons (Fsp3) is 0.690. The number of carboxylic acids is 1. The first-order valence-corrected chi connectivity index (χ1v) is 18.0. The summed E-state index contributed by atoms with van der Waals surface area (Å²) in [7, 11) is -5.62. The molecule has 0 radical (unpaired) electrons. The number of aliphatic carboxylic acids is 1. The highest BCUT2D eigenvalue weighted by Crippen LogP contribution is 2.51. The molecule has 1 aromatic heterocycles. The van der Waals surface area contributed by atoms with Gasteiger partial charge in [0.15, 0.2) is 6.23 Å². The van der Waals surface area contributed by atoms with Crippen LogP contribution in [0.2, 0.25) is 0 Å². The lowest BCUT2D eigenvalue weighted by molar-refractivity contribution is -0.289. The fourth-order valence-corrected chi connectivity index (χ4v) is 6.86. The first-order valence-electron chi connectivity index (χ1n) is 16.5. The maximum Gasteiger partial charge on any atom is 0.475 e. The Morgan fingerprint density at radius 1 is 1.15 bits per heavy atom. The van der Waals surface area contributed by atoms with Gasteiger partial charge in [0, 0.05) is 12.6 Å². The number of nitrogen functional groups attached to an aromatic ring is 1. The van der Waals surface area contributed by atoms with Gasteiger partial charge in [-0.05, 0) is 38.2 Å². The lowest BCUT2D eigenvalue weighted by Crippen LogP contribution is -2.68. The molecule has 24 heteroatoms.